The highest BCUT2D eigenvalue weighted by molar-refractivity contribution is 6.31. The highest BCUT2D eigenvalue weighted by atomic mass is 35.5. The van der Waals surface area contributed by atoms with Crippen molar-refractivity contribution < 1.29 is 14.0 Å². The van der Waals surface area contributed by atoms with Crippen LogP contribution in [0.25, 0.3) is 0 Å². The topological polar surface area (TPSA) is 49.4 Å². The summed E-state index contributed by atoms with van der Waals surface area (Å²) in [6, 6.07) is 4.17. The summed E-state index contributed by atoms with van der Waals surface area (Å²) in [5, 5.41) is 2.93. The molecule has 6 heteroatoms. The minimum atomic E-state index is -0.554. The van der Waals surface area contributed by atoms with Crippen molar-refractivity contribution in [1.82, 2.24) is 5.32 Å². The molecule has 0 saturated heterocycles. The van der Waals surface area contributed by atoms with Crippen molar-refractivity contribution in [1.29, 1.82) is 0 Å². The molecule has 1 fully saturated rings. The molecule has 1 aliphatic carbocycles. The van der Waals surface area contributed by atoms with E-state index in [0.717, 1.165) is 25.7 Å². The molecule has 23 heavy (non-hydrogen) atoms. The molecule has 1 saturated carbocycles. The molecular formula is C17H22ClFN2O2. The number of carbonyl (C=O) groups is 2. The van der Waals surface area contributed by atoms with E-state index in [0.29, 0.717) is 5.69 Å². The van der Waals surface area contributed by atoms with Crippen LogP contribution in [-0.4, -0.2) is 24.4 Å². The van der Waals surface area contributed by atoms with E-state index >= 15 is 0 Å². The monoisotopic (exact) mass is 340 g/mol. The van der Waals surface area contributed by atoms with Crippen molar-refractivity contribution in [3.63, 3.8) is 0 Å². The average molecular weight is 341 g/mol. The van der Waals surface area contributed by atoms with Crippen molar-refractivity contribution in [3.8, 4) is 0 Å². The molecule has 0 atom stereocenters. The van der Waals surface area contributed by atoms with Crippen LogP contribution < -0.4 is 10.2 Å². The third kappa shape index (κ3) is 5.20. The molecule has 126 valence electrons. The molecular weight excluding hydrogens is 319 g/mol. The second kappa shape index (κ2) is 8.29. The fourth-order valence-corrected chi connectivity index (χ4v) is 3.05. The van der Waals surface area contributed by atoms with Crippen LogP contribution in [0.5, 0.6) is 0 Å². The number of amides is 2. The van der Waals surface area contributed by atoms with Gasteiger partial charge in [0, 0.05) is 18.7 Å². The maximum absolute atomic E-state index is 13.3. The average Bonchev–Trinajstić information content (AvgIpc) is 2.76. The summed E-state index contributed by atoms with van der Waals surface area (Å²) in [5.74, 6) is -1.04. The Hall–Kier alpha value is -1.62. The lowest BCUT2D eigenvalue weighted by molar-refractivity contribution is -0.123. The molecule has 4 nitrogen and oxygen atoms in total. The normalized spacial score (nSPS) is 15.8. The Bertz CT molecular complexity index is 572. The first-order valence-electron chi connectivity index (χ1n) is 8.00. The second-order valence-electron chi connectivity index (χ2n) is 5.96. The SMILES string of the molecule is CC(=O)N(CC(=O)NC1CCCCCC1)c1ccc(F)c(Cl)c1. The van der Waals surface area contributed by atoms with Crippen LogP contribution in [0.3, 0.4) is 0 Å². The van der Waals surface area contributed by atoms with E-state index in [1.807, 2.05) is 0 Å². The molecule has 0 unspecified atom stereocenters. The van der Waals surface area contributed by atoms with Gasteiger partial charge in [0.25, 0.3) is 0 Å². The van der Waals surface area contributed by atoms with E-state index in [9.17, 15) is 14.0 Å². The summed E-state index contributed by atoms with van der Waals surface area (Å²) in [5.41, 5.74) is 0.417. The van der Waals surface area contributed by atoms with Crippen molar-refractivity contribution in [2.45, 2.75) is 51.5 Å². The van der Waals surface area contributed by atoms with E-state index in [1.165, 1.54) is 42.9 Å². The zero-order valence-electron chi connectivity index (χ0n) is 13.3. The van der Waals surface area contributed by atoms with Gasteiger partial charge >= 0.3 is 0 Å². The second-order valence-corrected chi connectivity index (χ2v) is 6.37. The minimum Gasteiger partial charge on any atom is -0.352 e. The molecule has 2 rings (SSSR count). The summed E-state index contributed by atoms with van der Waals surface area (Å²) in [6.07, 6.45) is 6.62. The summed E-state index contributed by atoms with van der Waals surface area (Å²) < 4.78 is 13.3. The molecule has 0 heterocycles. The predicted molar refractivity (Wildman–Crippen MR) is 89.1 cm³/mol. The van der Waals surface area contributed by atoms with Crippen LogP contribution in [0, 0.1) is 5.82 Å². The number of rotatable bonds is 4. The Morgan fingerprint density at radius 1 is 1.26 bits per heavy atom. The largest absolute Gasteiger partial charge is 0.352 e. The Kier molecular flexibility index (Phi) is 6.39. The van der Waals surface area contributed by atoms with Crippen molar-refractivity contribution in [3.05, 3.63) is 29.0 Å². The smallest absolute Gasteiger partial charge is 0.240 e. The highest BCUT2D eigenvalue weighted by Crippen LogP contribution is 2.23. The van der Waals surface area contributed by atoms with Gasteiger partial charge < -0.3 is 10.2 Å². The molecule has 1 aromatic carbocycles. The van der Waals surface area contributed by atoms with Crippen LogP contribution in [0.4, 0.5) is 10.1 Å². The summed E-state index contributed by atoms with van der Waals surface area (Å²) >= 11 is 5.76. The molecule has 2 amide bonds. The first-order valence-corrected chi connectivity index (χ1v) is 8.37. The van der Waals surface area contributed by atoms with E-state index in [-0.39, 0.29) is 29.4 Å². The van der Waals surface area contributed by atoms with Crippen molar-refractivity contribution in [2.24, 2.45) is 0 Å². The highest BCUT2D eigenvalue weighted by Gasteiger charge is 2.20. The quantitative estimate of drug-likeness (QED) is 0.850. The molecule has 0 radical (unpaired) electrons. The fraction of sp³-hybridized carbons (Fsp3) is 0.529. The maximum Gasteiger partial charge on any atom is 0.240 e. The van der Waals surface area contributed by atoms with Gasteiger partial charge in [-0.05, 0) is 31.0 Å². The number of halogens is 2. The number of hydrogen-bond donors (Lipinski definition) is 1. The third-order valence-corrected chi connectivity index (χ3v) is 4.41. The van der Waals surface area contributed by atoms with Crippen LogP contribution >= 0.6 is 11.6 Å². The van der Waals surface area contributed by atoms with Crippen molar-refractivity contribution >= 4 is 29.1 Å². The van der Waals surface area contributed by atoms with Gasteiger partial charge in [-0.2, -0.15) is 0 Å². The lowest BCUT2D eigenvalue weighted by Gasteiger charge is -2.23. The molecule has 0 bridgehead atoms. The van der Waals surface area contributed by atoms with E-state index in [4.69, 9.17) is 11.6 Å². The third-order valence-electron chi connectivity index (χ3n) is 4.12. The van der Waals surface area contributed by atoms with E-state index in [2.05, 4.69) is 5.32 Å². The standard InChI is InChI=1S/C17H22ClFN2O2/c1-12(22)21(14-8-9-16(19)15(18)10-14)11-17(23)20-13-6-4-2-3-5-7-13/h8-10,13H,2-7,11H2,1H3,(H,20,23). The van der Waals surface area contributed by atoms with Crippen LogP contribution in [-0.2, 0) is 9.59 Å². The Balaban J connectivity index is 2.02. The molecule has 0 spiro atoms. The fourth-order valence-electron chi connectivity index (χ4n) is 2.88. The van der Waals surface area contributed by atoms with Gasteiger partial charge in [-0.1, -0.05) is 37.3 Å². The maximum atomic E-state index is 13.3. The molecule has 0 aromatic heterocycles. The number of benzene rings is 1. The Labute approximate surface area is 141 Å². The van der Waals surface area contributed by atoms with Gasteiger partial charge in [-0.25, -0.2) is 4.39 Å². The van der Waals surface area contributed by atoms with E-state index in [1.54, 1.807) is 0 Å². The van der Waals surface area contributed by atoms with Gasteiger partial charge in [0.15, 0.2) is 0 Å². The summed E-state index contributed by atoms with van der Waals surface area (Å²) in [7, 11) is 0. The zero-order valence-corrected chi connectivity index (χ0v) is 14.0. The van der Waals surface area contributed by atoms with Gasteiger partial charge in [-0.3, -0.25) is 9.59 Å². The zero-order chi connectivity index (χ0) is 16.8. The Morgan fingerprint density at radius 2 is 1.91 bits per heavy atom. The first kappa shape index (κ1) is 17.7. The first-order chi connectivity index (χ1) is 11.0. The number of hydrogen-bond acceptors (Lipinski definition) is 2. The lowest BCUT2D eigenvalue weighted by Crippen LogP contribution is -2.43. The van der Waals surface area contributed by atoms with Gasteiger partial charge in [0.1, 0.15) is 12.4 Å². The lowest BCUT2D eigenvalue weighted by atomic mass is 10.1. The van der Waals surface area contributed by atoms with Gasteiger partial charge in [0.05, 0.1) is 5.02 Å². The number of anilines is 1. The molecule has 0 aliphatic heterocycles. The van der Waals surface area contributed by atoms with Crippen LogP contribution in [0.2, 0.25) is 5.02 Å². The summed E-state index contributed by atoms with van der Waals surface area (Å²) in [6.45, 7) is 1.28. The summed E-state index contributed by atoms with van der Waals surface area (Å²) in [4.78, 5) is 25.4. The minimum absolute atomic E-state index is 0.0714. The van der Waals surface area contributed by atoms with Gasteiger partial charge in [0.2, 0.25) is 11.8 Å². The van der Waals surface area contributed by atoms with Crippen molar-refractivity contribution in [2.75, 3.05) is 11.4 Å². The van der Waals surface area contributed by atoms with E-state index < -0.39 is 5.82 Å². The van der Waals surface area contributed by atoms with Crippen LogP contribution in [0.15, 0.2) is 18.2 Å². The number of nitrogens with zero attached hydrogens (tertiary/aromatic N) is 1. The predicted octanol–water partition coefficient (Wildman–Crippen LogP) is 3.67. The Morgan fingerprint density at radius 3 is 2.48 bits per heavy atom. The number of nitrogens with one attached hydrogen (secondary N) is 1. The van der Waals surface area contributed by atoms with Gasteiger partial charge in [-0.15, -0.1) is 0 Å². The van der Waals surface area contributed by atoms with Crippen LogP contribution in [0.1, 0.15) is 45.4 Å². The molecule has 1 aromatic rings. The molecule has 1 N–H and O–H groups in total. The number of carbonyl (C=O) groups excluding carboxylic acids is 2. The molecule has 1 aliphatic rings.